The molecule has 2 aliphatic heterocycles. The van der Waals surface area contributed by atoms with Crippen molar-refractivity contribution in [2.45, 2.75) is 18.9 Å². The number of allylic oxidation sites excluding steroid dienone is 1. The highest BCUT2D eigenvalue weighted by molar-refractivity contribution is 6.11. The molecule has 4 rings (SSSR count). The van der Waals surface area contributed by atoms with Gasteiger partial charge in [-0.15, -0.1) is 0 Å². The van der Waals surface area contributed by atoms with Gasteiger partial charge in [-0.2, -0.15) is 0 Å². The molecular weight excluding hydrogens is 402 g/mol. The van der Waals surface area contributed by atoms with Crippen LogP contribution in [-0.4, -0.2) is 42.7 Å². The number of fused-ring (bicyclic) bond motifs is 2. The van der Waals surface area contributed by atoms with Crippen LogP contribution in [-0.2, 0) is 24.7 Å². The molecule has 0 bridgehead atoms. The molecule has 1 atom stereocenters. The molecule has 0 radical (unpaired) electrons. The fraction of sp³-hybridized carbons (Fsp3) is 0.261. The van der Waals surface area contributed by atoms with Crippen molar-refractivity contribution in [3.05, 3.63) is 59.7 Å². The van der Waals surface area contributed by atoms with Gasteiger partial charge >= 0.3 is 5.97 Å². The van der Waals surface area contributed by atoms with Gasteiger partial charge in [-0.05, 0) is 36.8 Å². The number of nitrogens with zero attached hydrogens (tertiary/aromatic N) is 1. The lowest BCUT2D eigenvalue weighted by atomic mass is 9.89. The normalized spacial score (nSPS) is 19.0. The first-order valence-corrected chi connectivity index (χ1v) is 9.82. The highest BCUT2D eigenvalue weighted by Crippen LogP contribution is 2.42. The smallest absolute Gasteiger partial charge is 0.326 e. The zero-order valence-electron chi connectivity index (χ0n) is 16.9. The van der Waals surface area contributed by atoms with Gasteiger partial charge < -0.3 is 19.3 Å². The number of ketones is 1. The summed E-state index contributed by atoms with van der Waals surface area (Å²) in [6.45, 7) is 1.65. The van der Waals surface area contributed by atoms with E-state index >= 15 is 0 Å². The molecule has 2 aromatic rings. The van der Waals surface area contributed by atoms with Crippen molar-refractivity contribution in [2.75, 3.05) is 24.8 Å². The first-order valence-electron chi connectivity index (χ1n) is 9.82. The summed E-state index contributed by atoms with van der Waals surface area (Å²) in [7, 11) is 0. The van der Waals surface area contributed by atoms with Crippen LogP contribution < -0.4 is 14.4 Å². The predicted molar refractivity (Wildman–Crippen MR) is 111 cm³/mol. The lowest BCUT2D eigenvalue weighted by Gasteiger charge is -2.21. The summed E-state index contributed by atoms with van der Waals surface area (Å²) in [4.78, 5) is 38.7. The van der Waals surface area contributed by atoms with Crippen LogP contribution in [0.5, 0.6) is 11.5 Å². The first-order chi connectivity index (χ1) is 14.9. The number of para-hydroxylation sites is 1. The van der Waals surface area contributed by atoms with Crippen molar-refractivity contribution in [1.82, 2.24) is 0 Å². The van der Waals surface area contributed by atoms with Crippen molar-refractivity contribution in [1.29, 1.82) is 0 Å². The van der Waals surface area contributed by atoms with E-state index in [0.717, 1.165) is 4.90 Å². The largest absolute Gasteiger partial charge is 0.465 e. The van der Waals surface area contributed by atoms with Crippen molar-refractivity contribution in [3.8, 4) is 11.5 Å². The molecule has 2 heterocycles. The van der Waals surface area contributed by atoms with E-state index in [4.69, 9.17) is 14.2 Å². The average Bonchev–Trinajstić information content (AvgIpc) is 3.30. The van der Waals surface area contributed by atoms with Gasteiger partial charge in [0.25, 0.3) is 5.91 Å². The van der Waals surface area contributed by atoms with E-state index in [1.165, 1.54) is 6.08 Å². The number of amides is 1. The van der Waals surface area contributed by atoms with Crippen LogP contribution in [0, 0.1) is 0 Å². The molecule has 1 unspecified atom stereocenters. The van der Waals surface area contributed by atoms with Crippen LogP contribution in [0.4, 0.5) is 5.69 Å². The molecular formula is C23H21NO7. The summed E-state index contributed by atoms with van der Waals surface area (Å²) >= 11 is 0. The minimum absolute atomic E-state index is 0.151. The van der Waals surface area contributed by atoms with Gasteiger partial charge in [0.05, 0.1) is 18.7 Å². The van der Waals surface area contributed by atoms with Crippen LogP contribution in [0.3, 0.4) is 0 Å². The van der Waals surface area contributed by atoms with E-state index in [9.17, 15) is 19.5 Å². The molecule has 2 aromatic carbocycles. The minimum Gasteiger partial charge on any atom is -0.465 e. The molecule has 0 aromatic heterocycles. The van der Waals surface area contributed by atoms with Gasteiger partial charge in [0.15, 0.2) is 22.9 Å². The van der Waals surface area contributed by atoms with Crippen LogP contribution >= 0.6 is 0 Å². The second-order valence-corrected chi connectivity index (χ2v) is 7.16. The Balaban J connectivity index is 1.53. The number of ether oxygens (including phenoxy) is 3. The zero-order chi connectivity index (χ0) is 22.0. The zero-order valence-corrected chi connectivity index (χ0v) is 16.9. The molecule has 31 heavy (non-hydrogen) atoms. The van der Waals surface area contributed by atoms with E-state index in [0.29, 0.717) is 22.7 Å². The second kappa shape index (κ2) is 8.23. The van der Waals surface area contributed by atoms with Crippen LogP contribution in [0.1, 0.15) is 24.5 Å². The Labute approximate surface area is 178 Å². The molecule has 0 spiro atoms. The number of anilines is 1. The summed E-state index contributed by atoms with van der Waals surface area (Å²) in [6, 6.07) is 11.8. The number of aliphatic hydroxyl groups is 1. The Morgan fingerprint density at radius 2 is 1.97 bits per heavy atom. The third-order valence-electron chi connectivity index (χ3n) is 5.12. The lowest BCUT2D eigenvalue weighted by Crippen LogP contribution is -2.43. The van der Waals surface area contributed by atoms with Gasteiger partial charge in [0.2, 0.25) is 6.79 Å². The van der Waals surface area contributed by atoms with Crippen molar-refractivity contribution in [2.24, 2.45) is 0 Å². The molecule has 2 aliphatic rings. The van der Waals surface area contributed by atoms with E-state index in [1.54, 1.807) is 55.5 Å². The van der Waals surface area contributed by atoms with Gasteiger partial charge in [-0.25, -0.2) is 0 Å². The Morgan fingerprint density at radius 1 is 1.19 bits per heavy atom. The minimum atomic E-state index is -2.06. The molecule has 0 saturated carbocycles. The maximum absolute atomic E-state index is 13.0. The molecule has 0 aliphatic carbocycles. The number of hydrogen-bond donors (Lipinski definition) is 1. The highest BCUT2D eigenvalue weighted by Gasteiger charge is 2.51. The van der Waals surface area contributed by atoms with Crippen LogP contribution in [0.2, 0.25) is 0 Å². The monoisotopic (exact) mass is 423 g/mol. The fourth-order valence-electron chi connectivity index (χ4n) is 3.69. The molecule has 0 fully saturated rings. The number of rotatable bonds is 7. The fourth-order valence-corrected chi connectivity index (χ4v) is 3.69. The van der Waals surface area contributed by atoms with E-state index in [2.05, 4.69) is 0 Å². The Kier molecular flexibility index (Phi) is 5.48. The number of hydrogen-bond acceptors (Lipinski definition) is 7. The Bertz CT molecular complexity index is 1080. The highest BCUT2D eigenvalue weighted by atomic mass is 16.7. The molecule has 8 nitrogen and oxygen atoms in total. The third kappa shape index (κ3) is 3.89. The van der Waals surface area contributed by atoms with Crippen LogP contribution in [0.25, 0.3) is 6.08 Å². The Hall–Kier alpha value is -3.65. The summed E-state index contributed by atoms with van der Waals surface area (Å²) in [5.74, 6) is -0.549. The maximum atomic E-state index is 13.0. The predicted octanol–water partition coefficient (Wildman–Crippen LogP) is 2.19. The van der Waals surface area contributed by atoms with Crippen molar-refractivity contribution in [3.63, 3.8) is 0 Å². The summed E-state index contributed by atoms with van der Waals surface area (Å²) in [5.41, 5.74) is -0.671. The quantitative estimate of drug-likeness (QED) is 0.538. The standard InChI is InChI=1S/C23H21NO7/c1-2-29-21(26)13-24-18-6-4-3-5-17(18)23(28,22(24)27)12-16(25)9-7-15-8-10-19-20(11-15)31-14-30-19/h3-11,28H,2,12-14H2,1H3. The number of carbonyl (C=O) groups is 3. The molecule has 1 N–H and O–H groups in total. The van der Waals surface area contributed by atoms with E-state index < -0.39 is 29.7 Å². The van der Waals surface area contributed by atoms with Crippen molar-refractivity contribution >= 4 is 29.4 Å². The van der Waals surface area contributed by atoms with Crippen LogP contribution in [0.15, 0.2) is 48.5 Å². The van der Waals surface area contributed by atoms with Gasteiger partial charge in [0, 0.05) is 5.56 Å². The topological polar surface area (TPSA) is 102 Å². The number of carbonyl (C=O) groups excluding carboxylic acids is 3. The van der Waals surface area contributed by atoms with Gasteiger partial charge in [0.1, 0.15) is 6.54 Å². The third-order valence-corrected chi connectivity index (χ3v) is 5.12. The SMILES string of the molecule is CCOC(=O)CN1C(=O)C(O)(CC(=O)C=Cc2ccc3c(c2)OCO3)c2ccccc21. The van der Waals surface area contributed by atoms with E-state index in [-0.39, 0.29) is 25.5 Å². The van der Waals surface area contributed by atoms with Gasteiger partial charge in [-0.3, -0.25) is 19.3 Å². The molecule has 0 saturated heterocycles. The summed E-state index contributed by atoms with van der Waals surface area (Å²) in [6.07, 6.45) is 2.43. The molecule has 1 amide bonds. The average molecular weight is 423 g/mol. The molecule has 8 heteroatoms. The summed E-state index contributed by atoms with van der Waals surface area (Å²) in [5, 5.41) is 11.2. The lowest BCUT2D eigenvalue weighted by molar-refractivity contribution is -0.145. The number of esters is 1. The molecule has 160 valence electrons. The first kappa shape index (κ1) is 20.6. The summed E-state index contributed by atoms with van der Waals surface area (Å²) < 4.78 is 15.5. The Morgan fingerprint density at radius 3 is 2.77 bits per heavy atom. The van der Waals surface area contributed by atoms with E-state index in [1.807, 2.05) is 0 Å². The van der Waals surface area contributed by atoms with Crippen molar-refractivity contribution < 1.29 is 33.7 Å². The van der Waals surface area contributed by atoms with Gasteiger partial charge in [-0.1, -0.05) is 30.3 Å². The number of benzene rings is 2. The second-order valence-electron chi connectivity index (χ2n) is 7.16. The maximum Gasteiger partial charge on any atom is 0.326 e.